The molecule has 0 bridgehead atoms. The SMILES string of the molecule is Cn1nc2ccccc2c1-c1cccc(-c2cccc[n+]2C)[n+]1C. The van der Waals surface area contributed by atoms with Crippen LogP contribution in [0.3, 0.4) is 0 Å². The van der Waals surface area contributed by atoms with Crippen molar-refractivity contribution in [3.05, 3.63) is 66.9 Å². The number of rotatable bonds is 2. The normalized spacial score (nSPS) is 11.1. The van der Waals surface area contributed by atoms with E-state index >= 15 is 0 Å². The number of hydrogen-bond donors (Lipinski definition) is 0. The highest BCUT2D eigenvalue weighted by molar-refractivity contribution is 5.91. The van der Waals surface area contributed by atoms with Crippen LogP contribution in [0, 0.1) is 0 Å². The fraction of sp³-hybridized carbons (Fsp3) is 0.150. The van der Waals surface area contributed by atoms with Crippen LogP contribution >= 0.6 is 0 Å². The van der Waals surface area contributed by atoms with E-state index in [1.165, 1.54) is 16.8 Å². The molecule has 118 valence electrons. The van der Waals surface area contributed by atoms with E-state index in [1.807, 2.05) is 23.9 Å². The van der Waals surface area contributed by atoms with Crippen LogP contribution in [0.4, 0.5) is 0 Å². The zero-order valence-electron chi connectivity index (χ0n) is 14.1. The summed E-state index contributed by atoms with van der Waals surface area (Å²) < 4.78 is 6.34. The molecule has 0 atom stereocenters. The van der Waals surface area contributed by atoms with Crippen LogP contribution in [0.15, 0.2) is 66.9 Å². The summed E-state index contributed by atoms with van der Waals surface area (Å²) >= 11 is 0. The van der Waals surface area contributed by atoms with E-state index in [0.29, 0.717) is 0 Å². The number of pyridine rings is 2. The third-order valence-corrected chi connectivity index (χ3v) is 4.53. The molecule has 0 spiro atoms. The minimum atomic E-state index is 1.02. The predicted molar refractivity (Wildman–Crippen MR) is 93.9 cm³/mol. The molecular weight excluding hydrogens is 296 g/mol. The molecule has 0 fully saturated rings. The Balaban J connectivity index is 1.99. The van der Waals surface area contributed by atoms with Crippen LogP contribution in [0.25, 0.3) is 33.7 Å². The molecule has 4 nitrogen and oxygen atoms in total. The summed E-state index contributed by atoms with van der Waals surface area (Å²) in [4.78, 5) is 0. The molecule has 0 radical (unpaired) electrons. The molecule has 3 aromatic heterocycles. The first-order chi connectivity index (χ1) is 11.7. The number of aryl methyl sites for hydroxylation is 2. The molecule has 0 saturated carbocycles. The molecule has 4 rings (SSSR count). The maximum Gasteiger partial charge on any atom is 0.277 e. The van der Waals surface area contributed by atoms with E-state index in [-0.39, 0.29) is 0 Å². The summed E-state index contributed by atoms with van der Waals surface area (Å²) in [6, 6.07) is 20.9. The number of fused-ring (bicyclic) bond motifs is 1. The van der Waals surface area contributed by atoms with Crippen LogP contribution in [0.2, 0.25) is 0 Å². The third kappa shape index (κ3) is 2.19. The van der Waals surface area contributed by atoms with Gasteiger partial charge in [0.2, 0.25) is 5.69 Å². The molecular formula is C20H20N4+2. The van der Waals surface area contributed by atoms with Gasteiger partial charge >= 0.3 is 0 Å². The number of hydrogen-bond acceptors (Lipinski definition) is 1. The van der Waals surface area contributed by atoms with Crippen molar-refractivity contribution in [1.29, 1.82) is 0 Å². The van der Waals surface area contributed by atoms with Crippen LogP contribution < -0.4 is 9.13 Å². The van der Waals surface area contributed by atoms with Gasteiger partial charge in [0, 0.05) is 36.7 Å². The highest BCUT2D eigenvalue weighted by Gasteiger charge is 2.25. The van der Waals surface area contributed by atoms with Gasteiger partial charge in [-0.05, 0) is 18.2 Å². The van der Waals surface area contributed by atoms with E-state index in [9.17, 15) is 0 Å². The zero-order chi connectivity index (χ0) is 16.7. The Bertz CT molecular complexity index is 1050. The first-order valence-corrected chi connectivity index (χ1v) is 8.03. The van der Waals surface area contributed by atoms with Crippen LogP contribution in [-0.2, 0) is 21.1 Å². The lowest BCUT2D eigenvalue weighted by molar-refractivity contribution is -0.685. The minimum absolute atomic E-state index is 1.02. The van der Waals surface area contributed by atoms with Gasteiger partial charge in [-0.15, -0.1) is 0 Å². The van der Waals surface area contributed by atoms with Gasteiger partial charge in [-0.1, -0.05) is 18.2 Å². The Labute approximate surface area is 141 Å². The summed E-state index contributed by atoms with van der Waals surface area (Å²) in [5.74, 6) is 0. The van der Waals surface area contributed by atoms with E-state index in [4.69, 9.17) is 0 Å². The highest BCUT2D eigenvalue weighted by atomic mass is 15.3. The van der Waals surface area contributed by atoms with Crippen molar-refractivity contribution in [1.82, 2.24) is 9.78 Å². The Morgan fingerprint density at radius 3 is 2.33 bits per heavy atom. The largest absolute Gasteiger partial charge is 0.277 e. The summed E-state index contributed by atoms with van der Waals surface area (Å²) in [7, 11) is 6.19. The lowest BCUT2D eigenvalue weighted by atomic mass is 10.1. The van der Waals surface area contributed by atoms with E-state index in [0.717, 1.165) is 16.9 Å². The number of benzene rings is 1. The van der Waals surface area contributed by atoms with Crippen molar-refractivity contribution >= 4 is 10.9 Å². The molecule has 0 aliphatic heterocycles. The standard InChI is InChI=1S/C20H20N4/c1-22-14-7-6-11-17(22)18-12-8-13-19(23(18)2)20-15-9-4-5-10-16(15)21-24(20)3/h4-14H,1-3H3/q+2. The monoisotopic (exact) mass is 316 g/mol. The summed E-state index contributed by atoms with van der Waals surface area (Å²) in [5, 5.41) is 5.82. The van der Waals surface area contributed by atoms with Crippen LogP contribution in [0.5, 0.6) is 0 Å². The molecule has 0 aliphatic rings. The van der Waals surface area contributed by atoms with Gasteiger partial charge in [0.25, 0.3) is 11.4 Å². The van der Waals surface area contributed by atoms with Crippen molar-refractivity contribution in [2.24, 2.45) is 21.1 Å². The van der Waals surface area contributed by atoms with E-state index in [2.05, 4.69) is 83.1 Å². The van der Waals surface area contributed by atoms with Crippen molar-refractivity contribution < 1.29 is 9.13 Å². The maximum absolute atomic E-state index is 4.65. The Morgan fingerprint density at radius 1 is 0.792 bits per heavy atom. The number of nitrogens with zero attached hydrogens (tertiary/aromatic N) is 4. The first-order valence-electron chi connectivity index (χ1n) is 8.03. The highest BCUT2D eigenvalue weighted by Crippen LogP contribution is 2.26. The number of aromatic nitrogens is 4. The molecule has 0 unspecified atom stereocenters. The fourth-order valence-corrected chi connectivity index (χ4v) is 3.32. The van der Waals surface area contributed by atoms with Gasteiger partial charge in [0.15, 0.2) is 6.20 Å². The van der Waals surface area contributed by atoms with Crippen LogP contribution in [0.1, 0.15) is 0 Å². The second kappa shape index (κ2) is 5.57. The lowest BCUT2D eigenvalue weighted by Gasteiger charge is -2.05. The Morgan fingerprint density at radius 2 is 1.50 bits per heavy atom. The fourth-order valence-electron chi connectivity index (χ4n) is 3.32. The molecule has 3 heterocycles. The quantitative estimate of drug-likeness (QED) is 0.522. The third-order valence-electron chi connectivity index (χ3n) is 4.53. The summed E-state index contributed by atoms with van der Waals surface area (Å²) in [6.45, 7) is 0. The van der Waals surface area contributed by atoms with Crippen molar-refractivity contribution in [2.45, 2.75) is 0 Å². The molecule has 1 aromatic carbocycles. The molecule has 4 heteroatoms. The second-order valence-electron chi connectivity index (χ2n) is 6.04. The molecule has 0 amide bonds. The second-order valence-corrected chi connectivity index (χ2v) is 6.04. The molecule has 0 saturated heterocycles. The van der Waals surface area contributed by atoms with Crippen LogP contribution in [-0.4, -0.2) is 9.78 Å². The van der Waals surface area contributed by atoms with Gasteiger partial charge in [-0.2, -0.15) is 14.2 Å². The maximum atomic E-state index is 4.65. The molecule has 0 N–H and O–H groups in total. The van der Waals surface area contributed by atoms with Gasteiger partial charge in [-0.25, -0.2) is 0 Å². The summed E-state index contributed by atoms with van der Waals surface area (Å²) in [5.41, 5.74) is 5.64. The summed E-state index contributed by atoms with van der Waals surface area (Å²) in [6.07, 6.45) is 2.07. The van der Waals surface area contributed by atoms with Gasteiger partial charge in [-0.3, -0.25) is 4.68 Å². The Hall–Kier alpha value is -3.01. The van der Waals surface area contributed by atoms with Gasteiger partial charge in [0.1, 0.15) is 19.8 Å². The Kier molecular flexibility index (Phi) is 3.38. The van der Waals surface area contributed by atoms with Gasteiger partial charge in [0.05, 0.1) is 5.52 Å². The predicted octanol–water partition coefficient (Wildman–Crippen LogP) is 2.56. The van der Waals surface area contributed by atoms with E-state index < -0.39 is 0 Å². The van der Waals surface area contributed by atoms with Crippen molar-refractivity contribution in [3.8, 4) is 22.8 Å². The minimum Gasteiger partial charge on any atom is -0.261 e. The molecule has 4 aromatic rings. The van der Waals surface area contributed by atoms with Crippen molar-refractivity contribution in [2.75, 3.05) is 0 Å². The lowest BCUT2D eigenvalue weighted by Crippen LogP contribution is -2.40. The molecule has 24 heavy (non-hydrogen) atoms. The first kappa shape index (κ1) is 14.6. The topological polar surface area (TPSA) is 25.6 Å². The smallest absolute Gasteiger partial charge is 0.261 e. The van der Waals surface area contributed by atoms with E-state index in [1.54, 1.807) is 0 Å². The van der Waals surface area contributed by atoms with Gasteiger partial charge < -0.3 is 0 Å². The average molecular weight is 316 g/mol. The van der Waals surface area contributed by atoms with Crippen molar-refractivity contribution in [3.63, 3.8) is 0 Å². The average Bonchev–Trinajstić information content (AvgIpc) is 2.92. The molecule has 0 aliphatic carbocycles. The zero-order valence-corrected chi connectivity index (χ0v) is 14.1.